The molecule has 1 saturated heterocycles. The number of β-lactam (4-membered cyclic amide) rings is 1. The third-order valence-electron chi connectivity index (χ3n) is 9.65. The van der Waals surface area contributed by atoms with Gasteiger partial charge in [-0.3, -0.25) is 28.9 Å². The van der Waals surface area contributed by atoms with E-state index in [1.54, 1.807) is 20.8 Å². The average molecular weight is 746 g/mol. The monoisotopic (exact) mass is 745 g/mol. The predicted octanol–water partition coefficient (Wildman–Crippen LogP) is 5.51. The summed E-state index contributed by atoms with van der Waals surface area (Å²) in [4.78, 5) is 80.4. The Labute approximate surface area is 299 Å². The van der Waals surface area contributed by atoms with Crippen molar-refractivity contribution in [3.05, 3.63) is 12.7 Å². The minimum absolute atomic E-state index is 0.0256. The zero-order valence-corrected chi connectivity index (χ0v) is 34.6. The number of likely N-dealkylation sites (tertiary alicyclic amines) is 1. The van der Waals surface area contributed by atoms with Crippen molar-refractivity contribution in [1.29, 1.82) is 0 Å². The number of hydrogen-bond acceptors (Lipinski definition) is 12. The van der Waals surface area contributed by atoms with Crippen molar-refractivity contribution < 1.29 is 51.8 Å². The molecule has 0 aromatic heterocycles. The first-order valence-corrected chi connectivity index (χ1v) is 23.7. The molecule has 49 heavy (non-hydrogen) atoms. The lowest BCUT2D eigenvalue weighted by Crippen LogP contribution is -2.71. The van der Waals surface area contributed by atoms with Gasteiger partial charge in [-0.15, -0.1) is 0 Å². The van der Waals surface area contributed by atoms with Crippen LogP contribution in [0.25, 0.3) is 0 Å². The fourth-order valence-corrected chi connectivity index (χ4v) is 8.33. The molecule has 0 N–H and O–H groups in total. The van der Waals surface area contributed by atoms with Crippen molar-refractivity contribution in [1.82, 2.24) is 4.90 Å². The van der Waals surface area contributed by atoms with E-state index >= 15 is 0 Å². The molecule has 1 heterocycles. The van der Waals surface area contributed by atoms with Crippen LogP contribution in [0, 0.1) is 17.8 Å². The maximum atomic E-state index is 14.2. The summed E-state index contributed by atoms with van der Waals surface area (Å²) < 4.78 is 28.1. The molecule has 1 aliphatic rings. The van der Waals surface area contributed by atoms with Crippen molar-refractivity contribution in [3.8, 4) is 0 Å². The van der Waals surface area contributed by atoms with Crippen LogP contribution in [0.5, 0.6) is 0 Å². The molecule has 0 bridgehead atoms. The van der Waals surface area contributed by atoms with Gasteiger partial charge in [-0.2, -0.15) is 0 Å². The topological polar surface area (TPSA) is 152 Å². The Kier molecular flexibility index (Phi) is 16.6. The molecular weight excluding hydrogens is 687 g/mol. The molecular formula is C34H59NO11SSi2. The smallest absolute Gasteiger partial charge is 0.397 e. The third kappa shape index (κ3) is 11.6. The maximum absolute atomic E-state index is 14.2. The zero-order valence-electron chi connectivity index (χ0n) is 31.8. The van der Waals surface area contributed by atoms with Crippen LogP contribution < -0.4 is 0 Å². The normalized spacial score (nSPS) is 18.3. The molecule has 1 rings (SSSR count). The van der Waals surface area contributed by atoms with Crippen LogP contribution in [0.4, 0.5) is 0 Å². The minimum Gasteiger partial charge on any atom is -0.465 e. The Hall–Kier alpha value is -2.34. The highest BCUT2D eigenvalue weighted by Gasteiger charge is 2.60. The molecule has 0 aliphatic carbocycles. The fraction of sp³-hybridized carbons (Fsp3) is 0.765. The first-order chi connectivity index (χ1) is 22.4. The number of hydrogen-bond donors (Lipinski definition) is 0. The summed E-state index contributed by atoms with van der Waals surface area (Å²) in [6.07, 6.45) is 0.678. The number of carbonyl (C=O) groups excluding carboxylic acids is 6. The van der Waals surface area contributed by atoms with Crippen molar-refractivity contribution in [2.75, 3.05) is 32.2 Å². The lowest BCUT2D eigenvalue weighted by molar-refractivity contribution is -0.183. The van der Waals surface area contributed by atoms with Crippen LogP contribution in [0.2, 0.25) is 36.3 Å². The van der Waals surface area contributed by atoms with Gasteiger partial charge in [-0.1, -0.05) is 66.0 Å². The van der Waals surface area contributed by atoms with Gasteiger partial charge in [0.15, 0.2) is 27.7 Å². The van der Waals surface area contributed by atoms with E-state index in [0.717, 1.165) is 4.90 Å². The summed E-state index contributed by atoms with van der Waals surface area (Å²) in [6, 6.07) is -1.08. The average Bonchev–Trinajstić information content (AvgIpc) is 2.95. The van der Waals surface area contributed by atoms with E-state index in [1.165, 1.54) is 6.08 Å². The Balaban J connectivity index is 3.68. The zero-order chi connectivity index (χ0) is 38.1. The van der Waals surface area contributed by atoms with Crippen LogP contribution in [-0.2, 0) is 51.8 Å². The molecule has 0 aromatic carbocycles. The van der Waals surface area contributed by atoms with E-state index in [1.807, 2.05) is 13.1 Å². The molecule has 2 amide bonds. The molecule has 4 atom stereocenters. The highest BCUT2D eigenvalue weighted by atomic mass is 32.2. The summed E-state index contributed by atoms with van der Waals surface area (Å²) in [6.45, 7) is 29.0. The summed E-state index contributed by atoms with van der Waals surface area (Å²) in [5, 5.41) is -0.826. The molecule has 0 radical (unpaired) electrons. The van der Waals surface area contributed by atoms with Crippen molar-refractivity contribution >= 4 is 63.2 Å². The van der Waals surface area contributed by atoms with Crippen LogP contribution in [-0.4, -0.2) is 101 Å². The lowest BCUT2D eigenvalue weighted by Gasteiger charge is -2.52. The van der Waals surface area contributed by atoms with Gasteiger partial charge in [0, 0.05) is 12.4 Å². The van der Waals surface area contributed by atoms with Crippen molar-refractivity contribution in [3.63, 3.8) is 0 Å². The molecule has 0 saturated carbocycles. The van der Waals surface area contributed by atoms with Crippen LogP contribution in [0.1, 0.15) is 68.7 Å². The van der Waals surface area contributed by atoms with Crippen LogP contribution >= 0.6 is 11.8 Å². The number of amides is 2. The van der Waals surface area contributed by atoms with Gasteiger partial charge in [0.2, 0.25) is 5.91 Å². The highest BCUT2D eigenvalue weighted by molar-refractivity contribution is 8.13. The largest absolute Gasteiger partial charge is 0.465 e. The van der Waals surface area contributed by atoms with E-state index in [4.69, 9.17) is 23.1 Å². The Morgan fingerprint density at radius 3 is 1.86 bits per heavy atom. The summed E-state index contributed by atoms with van der Waals surface area (Å²) in [5.41, 5.74) is 0. The second-order valence-electron chi connectivity index (χ2n) is 15.2. The van der Waals surface area contributed by atoms with Gasteiger partial charge in [0.1, 0.15) is 6.61 Å². The number of thioether (sulfide) groups is 1. The number of nitrogens with zero attached hydrogens (tertiary/aromatic N) is 1. The standard InChI is InChI=1S/C34H59NO11SSi2/c1-15-19-44-31(40)28(37)35-26(25(27(35)36)22(4)46-49(13,14)34(8,9)10)23(18-20-45-48(11,12)33(5,6)7)32(41)47-21-24(29(38)42-16-2)30(39)43-17-3/h15,22-26H,1,16-21H2,2-14H3/t22-,23-,25-,26-/m1/s1. The van der Waals surface area contributed by atoms with Gasteiger partial charge >= 0.3 is 23.8 Å². The quantitative estimate of drug-likeness (QED) is 0.0351. The summed E-state index contributed by atoms with van der Waals surface area (Å²) in [7, 11) is -4.72. The van der Waals surface area contributed by atoms with Crippen LogP contribution in [0.15, 0.2) is 12.7 Å². The van der Waals surface area contributed by atoms with Gasteiger partial charge in [0.25, 0.3) is 0 Å². The molecule has 1 fully saturated rings. The molecule has 15 heteroatoms. The van der Waals surface area contributed by atoms with E-state index in [2.05, 4.69) is 61.2 Å². The molecule has 280 valence electrons. The van der Waals surface area contributed by atoms with Crippen molar-refractivity contribution in [2.45, 2.75) is 117 Å². The van der Waals surface area contributed by atoms with Gasteiger partial charge in [-0.05, 0) is 63.5 Å². The Morgan fingerprint density at radius 1 is 0.898 bits per heavy atom. The second kappa shape index (κ2) is 18.2. The fourth-order valence-electron chi connectivity index (χ4n) is 4.76. The van der Waals surface area contributed by atoms with Gasteiger partial charge < -0.3 is 23.1 Å². The molecule has 1 aliphatic heterocycles. The Morgan fingerprint density at radius 2 is 1.41 bits per heavy atom. The highest BCUT2D eigenvalue weighted by Crippen LogP contribution is 2.44. The predicted molar refractivity (Wildman–Crippen MR) is 194 cm³/mol. The SMILES string of the molecule is C=CCOC(=O)C(=O)N1C(=O)[C@H]([C@@H](C)O[Si](C)(C)C(C)(C)C)[C@H]1[C@@H](CCO[Si](C)(C)C(C)(C)C)C(=O)SCC(C(=O)OCC)C(=O)OCC. The number of esters is 3. The first kappa shape index (κ1) is 44.7. The van der Waals surface area contributed by atoms with Gasteiger partial charge in [-0.25, -0.2) is 4.79 Å². The third-order valence-corrected chi connectivity index (χ3v) is 19.9. The number of imide groups is 1. The number of carbonyl (C=O) groups is 6. The molecule has 0 aromatic rings. The first-order valence-electron chi connectivity index (χ1n) is 16.9. The molecule has 0 spiro atoms. The Bertz CT molecular complexity index is 1210. The lowest BCUT2D eigenvalue weighted by atomic mass is 9.75. The summed E-state index contributed by atoms with van der Waals surface area (Å²) in [5.74, 6) is -8.39. The van der Waals surface area contributed by atoms with Gasteiger partial charge in [0.05, 0.1) is 37.2 Å². The second-order valence-corrected chi connectivity index (χ2v) is 25.8. The summed E-state index contributed by atoms with van der Waals surface area (Å²) >= 11 is 0.715. The maximum Gasteiger partial charge on any atom is 0.397 e. The minimum atomic E-state index is -2.44. The van der Waals surface area contributed by atoms with E-state index in [-0.39, 0.29) is 48.7 Å². The molecule has 12 nitrogen and oxygen atoms in total. The van der Waals surface area contributed by atoms with Crippen LogP contribution in [0.3, 0.4) is 0 Å². The van der Waals surface area contributed by atoms with E-state index < -0.39 is 81.4 Å². The van der Waals surface area contributed by atoms with Crippen molar-refractivity contribution in [2.24, 2.45) is 17.8 Å². The van der Waals surface area contributed by atoms with E-state index in [9.17, 15) is 28.8 Å². The molecule has 0 unspecified atom stereocenters. The van der Waals surface area contributed by atoms with E-state index in [0.29, 0.717) is 11.8 Å². The number of rotatable bonds is 17. The number of ether oxygens (including phenoxy) is 3.